The lowest BCUT2D eigenvalue weighted by Gasteiger charge is -2.31. The van der Waals surface area contributed by atoms with Gasteiger partial charge >= 0.3 is 0 Å². The fraction of sp³-hybridized carbons (Fsp3) is 0.250. The first kappa shape index (κ1) is 19.5. The highest BCUT2D eigenvalue weighted by Gasteiger charge is 2.19. The van der Waals surface area contributed by atoms with E-state index in [9.17, 15) is 4.39 Å². The highest BCUT2D eigenvalue weighted by atomic mass is 35.5. The maximum absolute atomic E-state index is 12.9. The topological polar surface area (TPSA) is 51.4 Å². The van der Waals surface area contributed by atoms with Gasteiger partial charge in [0.1, 0.15) is 23.2 Å². The third-order valence-corrected chi connectivity index (χ3v) is 5.38. The summed E-state index contributed by atoms with van der Waals surface area (Å²) >= 11 is 1.58. The minimum absolute atomic E-state index is 0. The third kappa shape index (κ3) is 4.51. The number of ether oxygens (including phenoxy) is 1. The van der Waals surface area contributed by atoms with E-state index in [1.807, 2.05) is 12.1 Å². The molecule has 4 nitrogen and oxygen atoms in total. The number of nitrogens with two attached hydrogens (primary N) is 1. The van der Waals surface area contributed by atoms with E-state index < -0.39 is 0 Å². The lowest BCUT2D eigenvalue weighted by molar-refractivity contribution is 0.305. The van der Waals surface area contributed by atoms with Gasteiger partial charge in [-0.25, -0.2) is 9.37 Å². The smallest absolute Gasteiger partial charge is 0.140 e. The summed E-state index contributed by atoms with van der Waals surface area (Å²) in [4.78, 5) is 7.02. The van der Waals surface area contributed by atoms with Crippen LogP contribution in [0, 0.1) is 5.82 Å². The molecule has 0 spiro atoms. The Morgan fingerprint density at radius 2 is 2.00 bits per heavy atom. The van der Waals surface area contributed by atoms with Crippen LogP contribution in [-0.2, 0) is 19.6 Å². The summed E-state index contributed by atoms with van der Waals surface area (Å²) in [5.41, 5.74) is 10.5. The molecule has 27 heavy (non-hydrogen) atoms. The van der Waals surface area contributed by atoms with Crippen molar-refractivity contribution in [3.8, 4) is 5.75 Å². The van der Waals surface area contributed by atoms with Gasteiger partial charge in [0.05, 0.1) is 12.2 Å². The minimum atomic E-state index is -0.267. The van der Waals surface area contributed by atoms with Crippen LogP contribution in [0.25, 0.3) is 0 Å². The average molecular weight is 406 g/mol. The zero-order chi connectivity index (χ0) is 17.9. The first-order valence-electron chi connectivity index (χ1n) is 8.63. The fourth-order valence-electron chi connectivity index (χ4n) is 3.25. The number of thiazole rings is 1. The molecule has 0 bridgehead atoms. The molecule has 4 rings (SSSR count). The lowest BCUT2D eigenvalue weighted by Crippen LogP contribution is -2.29. The number of hydrogen-bond acceptors (Lipinski definition) is 5. The molecule has 0 fully saturated rings. The number of anilines is 2. The van der Waals surface area contributed by atoms with Crippen LogP contribution < -0.4 is 15.4 Å². The van der Waals surface area contributed by atoms with Gasteiger partial charge in [-0.3, -0.25) is 0 Å². The maximum atomic E-state index is 12.9. The first-order valence-corrected chi connectivity index (χ1v) is 9.51. The van der Waals surface area contributed by atoms with Crippen LogP contribution in [-0.4, -0.2) is 11.5 Å². The molecule has 1 aliphatic rings. The van der Waals surface area contributed by atoms with Crippen LogP contribution in [0.4, 0.5) is 15.8 Å². The van der Waals surface area contributed by atoms with Gasteiger partial charge in [-0.15, -0.1) is 23.7 Å². The highest BCUT2D eigenvalue weighted by molar-refractivity contribution is 7.09. The Kier molecular flexibility index (Phi) is 6.19. The third-order valence-electron chi connectivity index (χ3n) is 4.51. The van der Waals surface area contributed by atoms with E-state index in [0.717, 1.165) is 42.3 Å². The van der Waals surface area contributed by atoms with Crippen molar-refractivity contribution in [2.75, 3.05) is 17.2 Å². The SMILES string of the molecule is Cl.Nc1cccc2c1CCCN2Cc1csc(COc2ccc(F)cc2)n1. The van der Waals surface area contributed by atoms with Gasteiger partial charge < -0.3 is 15.4 Å². The number of fused-ring (bicyclic) bond motifs is 1. The molecule has 3 aromatic rings. The summed E-state index contributed by atoms with van der Waals surface area (Å²) in [5.74, 6) is 0.375. The van der Waals surface area contributed by atoms with E-state index in [2.05, 4.69) is 21.3 Å². The molecule has 0 atom stereocenters. The number of nitrogens with zero attached hydrogens (tertiary/aromatic N) is 2. The van der Waals surface area contributed by atoms with Crippen LogP contribution in [0.2, 0.25) is 0 Å². The lowest BCUT2D eigenvalue weighted by atomic mass is 10.00. The van der Waals surface area contributed by atoms with Gasteiger partial charge in [0.2, 0.25) is 0 Å². The van der Waals surface area contributed by atoms with E-state index in [-0.39, 0.29) is 18.2 Å². The van der Waals surface area contributed by atoms with Gasteiger partial charge in [0, 0.05) is 23.3 Å². The molecule has 0 amide bonds. The molecule has 0 aliphatic carbocycles. The van der Waals surface area contributed by atoms with Crippen molar-refractivity contribution in [2.24, 2.45) is 0 Å². The Hall–Kier alpha value is -2.31. The van der Waals surface area contributed by atoms with Crippen molar-refractivity contribution in [1.82, 2.24) is 4.98 Å². The van der Waals surface area contributed by atoms with Crippen molar-refractivity contribution in [3.63, 3.8) is 0 Å². The summed E-state index contributed by atoms with van der Waals surface area (Å²) in [6.45, 7) is 2.17. The summed E-state index contributed by atoms with van der Waals surface area (Å²) in [5, 5.41) is 2.98. The Bertz CT molecular complexity index is 900. The van der Waals surface area contributed by atoms with E-state index >= 15 is 0 Å². The molecule has 2 N–H and O–H groups in total. The van der Waals surface area contributed by atoms with Crippen LogP contribution in [0.3, 0.4) is 0 Å². The second-order valence-electron chi connectivity index (χ2n) is 6.35. The van der Waals surface area contributed by atoms with Gasteiger partial charge in [0.25, 0.3) is 0 Å². The fourth-order valence-corrected chi connectivity index (χ4v) is 3.95. The first-order chi connectivity index (χ1) is 12.7. The Balaban J connectivity index is 0.00000210. The Morgan fingerprint density at radius 1 is 1.19 bits per heavy atom. The maximum Gasteiger partial charge on any atom is 0.140 e. The van der Waals surface area contributed by atoms with Crippen LogP contribution in [0.1, 0.15) is 22.7 Å². The van der Waals surface area contributed by atoms with Gasteiger partial charge in [-0.1, -0.05) is 6.07 Å². The number of hydrogen-bond donors (Lipinski definition) is 1. The van der Waals surface area contributed by atoms with Crippen LogP contribution in [0.5, 0.6) is 5.75 Å². The monoisotopic (exact) mass is 405 g/mol. The number of aromatic nitrogens is 1. The van der Waals surface area contributed by atoms with E-state index in [1.165, 1.54) is 23.4 Å². The predicted octanol–water partition coefficient (Wildman–Crippen LogP) is 4.82. The number of benzene rings is 2. The van der Waals surface area contributed by atoms with Crippen molar-refractivity contribution in [1.29, 1.82) is 0 Å². The molecule has 2 aromatic carbocycles. The molecule has 0 radical (unpaired) electrons. The van der Waals surface area contributed by atoms with E-state index in [0.29, 0.717) is 12.4 Å². The zero-order valence-corrected chi connectivity index (χ0v) is 16.4. The van der Waals surface area contributed by atoms with E-state index in [4.69, 9.17) is 10.5 Å². The molecule has 1 aliphatic heterocycles. The molecule has 0 saturated heterocycles. The molecule has 2 heterocycles. The van der Waals surface area contributed by atoms with Crippen molar-refractivity contribution in [2.45, 2.75) is 26.0 Å². The average Bonchev–Trinajstić information content (AvgIpc) is 3.10. The summed E-state index contributed by atoms with van der Waals surface area (Å²) in [6.07, 6.45) is 2.14. The molecule has 0 saturated carbocycles. The van der Waals surface area contributed by atoms with E-state index in [1.54, 1.807) is 23.5 Å². The van der Waals surface area contributed by atoms with Gasteiger partial charge in [-0.05, 0) is 54.8 Å². The van der Waals surface area contributed by atoms with Crippen molar-refractivity contribution >= 4 is 35.1 Å². The summed E-state index contributed by atoms with van der Waals surface area (Å²) < 4.78 is 18.6. The van der Waals surface area contributed by atoms with Crippen molar-refractivity contribution in [3.05, 3.63) is 69.9 Å². The van der Waals surface area contributed by atoms with Crippen molar-refractivity contribution < 1.29 is 9.13 Å². The zero-order valence-electron chi connectivity index (χ0n) is 14.7. The molecule has 142 valence electrons. The summed E-state index contributed by atoms with van der Waals surface area (Å²) in [7, 11) is 0. The van der Waals surface area contributed by atoms with Gasteiger partial charge in [-0.2, -0.15) is 0 Å². The second kappa shape index (κ2) is 8.59. The van der Waals surface area contributed by atoms with Crippen LogP contribution in [0.15, 0.2) is 47.8 Å². The largest absolute Gasteiger partial charge is 0.486 e. The normalized spacial score (nSPS) is 13.0. The molecular formula is C20H21ClFN3OS. The standard InChI is InChI=1S/C20H20FN3OS.ClH/c21-14-6-8-16(9-7-14)25-12-20-23-15(13-26-20)11-24-10-2-3-17-18(22)4-1-5-19(17)24;/h1,4-9,13H,2-3,10-12,22H2;1H. The predicted molar refractivity (Wildman–Crippen MR) is 110 cm³/mol. The quantitative estimate of drug-likeness (QED) is 0.618. The Labute approximate surface area is 168 Å². The van der Waals surface area contributed by atoms with Crippen LogP contribution >= 0.6 is 23.7 Å². The second-order valence-corrected chi connectivity index (χ2v) is 7.29. The molecular weight excluding hydrogens is 385 g/mol. The number of nitrogen functional groups attached to an aromatic ring is 1. The highest BCUT2D eigenvalue weighted by Crippen LogP contribution is 2.32. The Morgan fingerprint density at radius 3 is 2.81 bits per heavy atom. The number of halogens is 2. The molecule has 0 unspecified atom stereocenters. The molecule has 1 aromatic heterocycles. The number of rotatable bonds is 5. The van der Waals surface area contributed by atoms with Gasteiger partial charge in [0.15, 0.2) is 0 Å². The summed E-state index contributed by atoms with van der Waals surface area (Å²) in [6, 6.07) is 12.1. The minimum Gasteiger partial charge on any atom is -0.486 e. The molecule has 7 heteroatoms.